The predicted molar refractivity (Wildman–Crippen MR) is 88.7 cm³/mol. The molecule has 1 atom stereocenters. The number of carbonyl (C=O) groups is 1. The fraction of sp³-hybridized carbons (Fsp3) is 0.111. The highest BCUT2D eigenvalue weighted by Crippen LogP contribution is 2.35. The first-order chi connectivity index (χ1) is 11.2. The third-order valence-electron chi connectivity index (χ3n) is 4.04. The van der Waals surface area contributed by atoms with E-state index in [0.29, 0.717) is 0 Å². The van der Waals surface area contributed by atoms with Gasteiger partial charge in [0.25, 0.3) is 0 Å². The van der Waals surface area contributed by atoms with Crippen LogP contribution in [-0.2, 0) is 0 Å². The summed E-state index contributed by atoms with van der Waals surface area (Å²) in [5, 5.41) is 10.5. The van der Waals surface area contributed by atoms with Gasteiger partial charge in [-0.1, -0.05) is 48.5 Å². The van der Waals surface area contributed by atoms with Gasteiger partial charge in [-0.3, -0.25) is 5.32 Å². The number of amides is 2. The van der Waals surface area contributed by atoms with Crippen LogP contribution in [0.5, 0.6) is 0 Å². The van der Waals surface area contributed by atoms with Gasteiger partial charge in [-0.25, -0.2) is 9.48 Å². The van der Waals surface area contributed by atoms with Crippen molar-refractivity contribution in [3.8, 4) is 5.69 Å². The van der Waals surface area contributed by atoms with E-state index >= 15 is 0 Å². The third-order valence-corrected chi connectivity index (χ3v) is 4.04. The number of hydrogen-bond acceptors (Lipinski definition) is 2. The number of nitrogens with zero attached hydrogens (tertiary/aromatic N) is 2. The lowest BCUT2D eigenvalue weighted by atomic mass is 9.97. The number of urea groups is 1. The number of nitrogens with one attached hydrogen (secondary N) is 2. The summed E-state index contributed by atoms with van der Waals surface area (Å²) in [6.45, 7) is 1.97. The van der Waals surface area contributed by atoms with Gasteiger partial charge >= 0.3 is 6.03 Å². The molecule has 2 N–H and O–H groups in total. The van der Waals surface area contributed by atoms with Crippen LogP contribution in [-0.4, -0.2) is 15.8 Å². The van der Waals surface area contributed by atoms with Crippen molar-refractivity contribution in [3.63, 3.8) is 0 Å². The lowest BCUT2D eigenvalue weighted by molar-refractivity contribution is 0.249. The first-order valence-corrected chi connectivity index (χ1v) is 7.51. The molecule has 0 saturated heterocycles. The Labute approximate surface area is 134 Å². The summed E-state index contributed by atoms with van der Waals surface area (Å²) in [6, 6.07) is 19.3. The number of fused-ring (bicyclic) bond motifs is 1. The van der Waals surface area contributed by atoms with E-state index in [9.17, 15) is 4.79 Å². The average Bonchev–Trinajstić information content (AvgIpc) is 2.92. The Morgan fingerprint density at radius 1 is 1.00 bits per heavy atom. The van der Waals surface area contributed by atoms with E-state index in [1.54, 1.807) is 4.68 Å². The summed E-state index contributed by atoms with van der Waals surface area (Å²) >= 11 is 0. The lowest BCUT2D eigenvalue weighted by Gasteiger charge is -2.26. The molecule has 5 nitrogen and oxygen atoms in total. The molecule has 1 aliphatic heterocycles. The van der Waals surface area contributed by atoms with Gasteiger partial charge in [-0.05, 0) is 24.6 Å². The molecule has 2 amide bonds. The Morgan fingerprint density at radius 3 is 2.35 bits per heavy atom. The number of benzene rings is 2. The second kappa shape index (κ2) is 5.28. The van der Waals surface area contributed by atoms with Crippen molar-refractivity contribution >= 4 is 11.8 Å². The number of aromatic nitrogens is 2. The number of hydrogen-bond donors (Lipinski definition) is 2. The number of carbonyl (C=O) groups excluding carboxylic acids is 1. The maximum absolute atomic E-state index is 12.1. The highest BCUT2D eigenvalue weighted by Gasteiger charge is 2.31. The van der Waals surface area contributed by atoms with Crippen molar-refractivity contribution in [2.24, 2.45) is 0 Å². The smallest absolute Gasteiger partial charge is 0.321 e. The van der Waals surface area contributed by atoms with E-state index in [4.69, 9.17) is 0 Å². The van der Waals surface area contributed by atoms with Crippen LogP contribution in [0.1, 0.15) is 22.9 Å². The van der Waals surface area contributed by atoms with E-state index < -0.39 is 0 Å². The molecule has 1 aromatic heterocycles. The fourth-order valence-corrected chi connectivity index (χ4v) is 3.00. The zero-order chi connectivity index (χ0) is 15.8. The second-order valence-electron chi connectivity index (χ2n) is 5.54. The molecule has 0 spiro atoms. The molecular formula is C18H16N4O. The highest BCUT2D eigenvalue weighted by molar-refractivity contribution is 5.93. The first kappa shape index (κ1) is 13.6. The number of aryl methyl sites for hydroxylation is 1. The Kier molecular flexibility index (Phi) is 3.12. The summed E-state index contributed by atoms with van der Waals surface area (Å²) in [6.07, 6.45) is 0. The van der Waals surface area contributed by atoms with Crippen LogP contribution in [0, 0.1) is 6.92 Å². The Bertz CT molecular complexity index is 855. The van der Waals surface area contributed by atoms with Crippen LogP contribution in [0.15, 0.2) is 60.7 Å². The first-order valence-electron chi connectivity index (χ1n) is 7.51. The molecule has 5 heteroatoms. The molecule has 0 saturated carbocycles. The molecule has 3 aromatic rings. The molecule has 2 heterocycles. The van der Waals surface area contributed by atoms with Gasteiger partial charge in [-0.15, -0.1) is 0 Å². The fourth-order valence-electron chi connectivity index (χ4n) is 3.00. The molecule has 0 radical (unpaired) electrons. The second-order valence-corrected chi connectivity index (χ2v) is 5.54. The number of para-hydroxylation sites is 1. The molecule has 4 rings (SSSR count). The van der Waals surface area contributed by atoms with Gasteiger partial charge in [0.05, 0.1) is 17.4 Å². The van der Waals surface area contributed by atoms with E-state index in [2.05, 4.69) is 15.7 Å². The van der Waals surface area contributed by atoms with Crippen molar-refractivity contribution in [2.45, 2.75) is 13.0 Å². The molecule has 1 unspecified atom stereocenters. The molecule has 114 valence electrons. The SMILES string of the molecule is Cc1nn(-c2ccccc2)c2c1C(c1ccccc1)NC(=O)N2. The number of rotatable bonds is 2. The molecule has 0 fully saturated rings. The molecule has 0 bridgehead atoms. The lowest BCUT2D eigenvalue weighted by Crippen LogP contribution is -2.38. The van der Waals surface area contributed by atoms with E-state index in [-0.39, 0.29) is 12.1 Å². The molecular weight excluding hydrogens is 288 g/mol. The topological polar surface area (TPSA) is 59.0 Å². The minimum atomic E-state index is -0.219. The minimum absolute atomic E-state index is 0.197. The van der Waals surface area contributed by atoms with Crippen LogP contribution < -0.4 is 10.6 Å². The zero-order valence-electron chi connectivity index (χ0n) is 12.7. The van der Waals surface area contributed by atoms with Gasteiger partial charge in [0.2, 0.25) is 0 Å². The Balaban J connectivity index is 1.89. The van der Waals surface area contributed by atoms with Crippen LogP contribution >= 0.6 is 0 Å². The van der Waals surface area contributed by atoms with Crippen molar-refractivity contribution < 1.29 is 4.79 Å². The molecule has 0 aliphatic carbocycles. The van der Waals surface area contributed by atoms with Crippen LogP contribution in [0.4, 0.5) is 10.6 Å². The zero-order valence-corrected chi connectivity index (χ0v) is 12.7. The van der Waals surface area contributed by atoms with Crippen molar-refractivity contribution in [1.82, 2.24) is 15.1 Å². The van der Waals surface area contributed by atoms with E-state index in [1.165, 1.54) is 0 Å². The van der Waals surface area contributed by atoms with Gasteiger partial charge < -0.3 is 5.32 Å². The van der Waals surface area contributed by atoms with E-state index in [1.807, 2.05) is 67.6 Å². The maximum atomic E-state index is 12.1. The van der Waals surface area contributed by atoms with Crippen LogP contribution in [0.25, 0.3) is 5.69 Å². The average molecular weight is 304 g/mol. The summed E-state index contributed by atoms with van der Waals surface area (Å²) in [5.74, 6) is 0.728. The van der Waals surface area contributed by atoms with Gasteiger partial charge in [0, 0.05) is 5.56 Å². The maximum Gasteiger partial charge on any atom is 0.321 e. The summed E-state index contributed by atoms with van der Waals surface area (Å²) in [5.41, 5.74) is 3.86. The van der Waals surface area contributed by atoms with E-state index in [0.717, 1.165) is 28.3 Å². The summed E-state index contributed by atoms with van der Waals surface area (Å²) in [4.78, 5) is 12.1. The quantitative estimate of drug-likeness (QED) is 0.762. The molecule has 1 aliphatic rings. The van der Waals surface area contributed by atoms with Crippen molar-refractivity contribution in [3.05, 3.63) is 77.5 Å². The Hall–Kier alpha value is -3.08. The van der Waals surface area contributed by atoms with Crippen LogP contribution in [0.2, 0.25) is 0 Å². The summed E-state index contributed by atoms with van der Waals surface area (Å²) in [7, 11) is 0. The third kappa shape index (κ3) is 2.26. The van der Waals surface area contributed by atoms with Gasteiger partial charge in [0.15, 0.2) is 0 Å². The monoisotopic (exact) mass is 304 g/mol. The van der Waals surface area contributed by atoms with Crippen molar-refractivity contribution in [2.75, 3.05) is 5.32 Å². The van der Waals surface area contributed by atoms with Gasteiger partial charge in [-0.2, -0.15) is 5.10 Å². The Morgan fingerprint density at radius 2 is 1.65 bits per heavy atom. The standard InChI is InChI=1S/C18H16N4O/c1-12-15-16(13-8-4-2-5-9-13)19-18(23)20-17(15)22(21-12)14-10-6-3-7-11-14/h2-11,16H,1H3,(H2,19,20,23). The highest BCUT2D eigenvalue weighted by atomic mass is 16.2. The summed E-state index contributed by atoms with van der Waals surface area (Å²) < 4.78 is 1.79. The molecule has 23 heavy (non-hydrogen) atoms. The van der Waals surface area contributed by atoms with Gasteiger partial charge in [0.1, 0.15) is 5.82 Å². The molecule has 2 aromatic carbocycles. The van der Waals surface area contributed by atoms with Crippen molar-refractivity contribution in [1.29, 1.82) is 0 Å². The minimum Gasteiger partial charge on any atom is -0.327 e. The normalized spacial score (nSPS) is 16.4. The van der Waals surface area contributed by atoms with Crippen LogP contribution in [0.3, 0.4) is 0 Å². The largest absolute Gasteiger partial charge is 0.327 e. The number of anilines is 1. The predicted octanol–water partition coefficient (Wildman–Crippen LogP) is 3.41.